The topological polar surface area (TPSA) is 84.4 Å². The van der Waals surface area contributed by atoms with Gasteiger partial charge in [-0.1, -0.05) is 18.2 Å². The zero-order valence-electron chi connectivity index (χ0n) is 22.1. The quantitative estimate of drug-likeness (QED) is 0.497. The van der Waals surface area contributed by atoms with Gasteiger partial charge in [-0.2, -0.15) is 0 Å². The van der Waals surface area contributed by atoms with Crippen LogP contribution >= 0.6 is 0 Å². The molecule has 3 aromatic rings. The number of pyridine rings is 1. The van der Waals surface area contributed by atoms with E-state index in [1.54, 1.807) is 44.5 Å². The van der Waals surface area contributed by atoms with Crippen molar-refractivity contribution in [2.24, 2.45) is 0 Å². The summed E-state index contributed by atoms with van der Waals surface area (Å²) in [5.41, 5.74) is 1.94. The average molecular weight is 517 g/mol. The Labute approximate surface area is 222 Å². The number of piperazine rings is 1. The highest BCUT2D eigenvalue weighted by Gasteiger charge is 2.45. The normalized spacial score (nSPS) is 19.2. The van der Waals surface area contributed by atoms with Gasteiger partial charge in [0, 0.05) is 45.0 Å². The summed E-state index contributed by atoms with van der Waals surface area (Å²) in [6.45, 7) is 2.47. The second-order valence-corrected chi connectivity index (χ2v) is 9.41. The van der Waals surface area contributed by atoms with Crippen molar-refractivity contribution >= 4 is 17.6 Å². The Morgan fingerprint density at radius 1 is 0.895 bits per heavy atom. The van der Waals surface area contributed by atoms with Gasteiger partial charge in [0.25, 0.3) is 5.91 Å². The number of likely N-dealkylation sites (N-methyl/N-ethyl adjacent to an activating group) is 1. The van der Waals surface area contributed by atoms with Crippen molar-refractivity contribution < 1.29 is 23.8 Å². The first-order valence-electron chi connectivity index (χ1n) is 12.6. The minimum absolute atomic E-state index is 0.0284. The average Bonchev–Trinajstić information content (AvgIpc) is 2.98. The Hall–Kier alpha value is -4.27. The summed E-state index contributed by atoms with van der Waals surface area (Å²) in [4.78, 5) is 38.1. The number of hydrogen-bond donors (Lipinski definition) is 0. The number of amides is 2. The third-order valence-corrected chi connectivity index (χ3v) is 7.46. The number of fused-ring (bicyclic) bond motifs is 1. The summed E-state index contributed by atoms with van der Waals surface area (Å²) in [6, 6.07) is 16.3. The fourth-order valence-electron chi connectivity index (χ4n) is 5.43. The largest absolute Gasteiger partial charge is 0.497 e. The SMILES string of the molecule is COc1ccc([C@H]2[C@@H](C(=O)N3CCN(c4ccccn4)CC3)c3cc(OC)c(OC)cc3C(=O)N2C)cc1. The maximum Gasteiger partial charge on any atom is 0.254 e. The zero-order chi connectivity index (χ0) is 26.8. The van der Waals surface area contributed by atoms with Crippen LogP contribution in [0.15, 0.2) is 60.8 Å². The van der Waals surface area contributed by atoms with Crippen LogP contribution in [0.5, 0.6) is 17.2 Å². The van der Waals surface area contributed by atoms with Gasteiger partial charge in [-0.05, 0) is 47.5 Å². The zero-order valence-corrected chi connectivity index (χ0v) is 22.1. The molecule has 0 bridgehead atoms. The monoisotopic (exact) mass is 516 g/mol. The van der Waals surface area contributed by atoms with Crippen LogP contribution in [0.1, 0.15) is 33.4 Å². The van der Waals surface area contributed by atoms with Crippen molar-refractivity contribution in [2.45, 2.75) is 12.0 Å². The summed E-state index contributed by atoms with van der Waals surface area (Å²) in [5, 5.41) is 0. The van der Waals surface area contributed by atoms with Gasteiger partial charge in [0.15, 0.2) is 11.5 Å². The molecule has 0 spiro atoms. The number of carbonyl (C=O) groups excluding carboxylic acids is 2. The molecular weight excluding hydrogens is 484 g/mol. The van der Waals surface area contributed by atoms with Gasteiger partial charge >= 0.3 is 0 Å². The van der Waals surface area contributed by atoms with Crippen LogP contribution in [-0.4, -0.2) is 81.2 Å². The summed E-state index contributed by atoms with van der Waals surface area (Å²) >= 11 is 0. The van der Waals surface area contributed by atoms with E-state index in [4.69, 9.17) is 14.2 Å². The van der Waals surface area contributed by atoms with Gasteiger partial charge in [0.1, 0.15) is 11.6 Å². The number of hydrogen-bond acceptors (Lipinski definition) is 7. The van der Waals surface area contributed by atoms with Gasteiger partial charge < -0.3 is 28.9 Å². The molecule has 2 aromatic carbocycles. The van der Waals surface area contributed by atoms with E-state index in [9.17, 15) is 9.59 Å². The van der Waals surface area contributed by atoms with Crippen LogP contribution in [-0.2, 0) is 4.79 Å². The molecule has 1 fully saturated rings. The van der Waals surface area contributed by atoms with Crippen molar-refractivity contribution in [1.29, 1.82) is 0 Å². The molecule has 0 saturated carbocycles. The van der Waals surface area contributed by atoms with E-state index in [-0.39, 0.29) is 11.8 Å². The molecule has 5 rings (SSSR count). The maximum atomic E-state index is 14.3. The number of methoxy groups -OCH3 is 3. The van der Waals surface area contributed by atoms with Crippen LogP contribution in [0.2, 0.25) is 0 Å². The van der Waals surface area contributed by atoms with Gasteiger partial charge in [-0.15, -0.1) is 0 Å². The number of rotatable bonds is 6. The molecule has 0 radical (unpaired) electrons. The highest BCUT2D eigenvalue weighted by atomic mass is 16.5. The first kappa shape index (κ1) is 25.4. The number of benzene rings is 2. The molecule has 0 aliphatic carbocycles. The number of ether oxygens (including phenoxy) is 3. The first-order chi connectivity index (χ1) is 18.5. The summed E-state index contributed by atoms with van der Waals surface area (Å²) in [5.74, 6) is 1.72. The molecule has 2 amide bonds. The Morgan fingerprint density at radius 3 is 2.18 bits per heavy atom. The number of nitrogens with zero attached hydrogens (tertiary/aromatic N) is 4. The second kappa shape index (κ2) is 10.6. The Morgan fingerprint density at radius 2 is 1.58 bits per heavy atom. The molecule has 3 heterocycles. The highest BCUT2D eigenvalue weighted by molar-refractivity contribution is 6.02. The van der Waals surface area contributed by atoms with Crippen LogP contribution in [0.3, 0.4) is 0 Å². The van der Waals surface area contributed by atoms with E-state index in [1.807, 2.05) is 47.4 Å². The van der Waals surface area contributed by atoms with Crippen molar-refractivity contribution in [1.82, 2.24) is 14.8 Å². The maximum absolute atomic E-state index is 14.3. The molecule has 2 aliphatic heterocycles. The van der Waals surface area contributed by atoms with E-state index >= 15 is 0 Å². The number of aromatic nitrogens is 1. The van der Waals surface area contributed by atoms with Gasteiger partial charge in [-0.3, -0.25) is 9.59 Å². The van der Waals surface area contributed by atoms with Gasteiger partial charge in [0.2, 0.25) is 5.91 Å². The number of carbonyl (C=O) groups is 2. The molecule has 38 heavy (non-hydrogen) atoms. The molecule has 1 aromatic heterocycles. The minimum Gasteiger partial charge on any atom is -0.497 e. The van der Waals surface area contributed by atoms with Gasteiger partial charge in [0.05, 0.1) is 33.3 Å². The molecular formula is C29H32N4O5. The minimum atomic E-state index is -0.623. The lowest BCUT2D eigenvalue weighted by molar-refractivity contribution is -0.134. The molecule has 2 aliphatic rings. The molecule has 198 valence electrons. The van der Waals surface area contributed by atoms with Crippen molar-refractivity contribution in [2.75, 3.05) is 59.5 Å². The Balaban J connectivity index is 1.54. The summed E-state index contributed by atoms with van der Waals surface area (Å²) < 4.78 is 16.4. The van der Waals surface area contributed by atoms with Crippen LogP contribution in [0, 0.1) is 0 Å². The molecule has 9 heteroatoms. The summed E-state index contributed by atoms with van der Waals surface area (Å²) in [6.07, 6.45) is 1.78. The van der Waals surface area contributed by atoms with E-state index < -0.39 is 12.0 Å². The third-order valence-electron chi connectivity index (χ3n) is 7.46. The predicted molar refractivity (Wildman–Crippen MR) is 143 cm³/mol. The fourth-order valence-corrected chi connectivity index (χ4v) is 5.43. The van der Waals surface area contributed by atoms with E-state index in [0.717, 1.165) is 11.4 Å². The summed E-state index contributed by atoms with van der Waals surface area (Å²) in [7, 11) is 6.44. The first-order valence-corrected chi connectivity index (χ1v) is 12.6. The molecule has 2 atom stereocenters. The van der Waals surface area contributed by atoms with Crippen molar-refractivity contribution in [3.05, 3.63) is 77.5 Å². The van der Waals surface area contributed by atoms with E-state index in [2.05, 4.69) is 9.88 Å². The molecule has 0 N–H and O–H groups in total. The van der Waals surface area contributed by atoms with Crippen molar-refractivity contribution in [3.8, 4) is 17.2 Å². The Kier molecular flexibility index (Phi) is 7.09. The number of anilines is 1. The van der Waals surface area contributed by atoms with Gasteiger partial charge in [-0.25, -0.2) is 4.98 Å². The molecule has 9 nitrogen and oxygen atoms in total. The Bertz CT molecular complexity index is 1310. The standard InChI is InChI=1S/C29H32N4O5/c1-31-27(19-8-10-20(36-2)11-9-19)26(21-17-23(37-3)24(38-4)18-22(21)28(31)34)29(35)33-15-13-32(14-16-33)25-7-5-6-12-30-25/h5-12,17-18,26-27H,13-16H2,1-4H3/t26-,27-/m0/s1. The smallest absolute Gasteiger partial charge is 0.254 e. The fraction of sp³-hybridized carbons (Fsp3) is 0.345. The van der Waals surface area contributed by atoms with Crippen LogP contribution < -0.4 is 19.1 Å². The highest BCUT2D eigenvalue weighted by Crippen LogP contribution is 2.46. The molecule has 1 saturated heterocycles. The van der Waals surface area contributed by atoms with Crippen LogP contribution in [0.25, 0.3) is 0 Å². The lowest BCUT2D eigenvalue weighted by Gasteiger charge is -2.43. The second-order valence-electron chi connectivity index (χ2n) is 9.41. The predicted octanol–water partition coefficient (Wildman–Crippen LogP) is 3.37. The molecule has 0 unspecified atom stereocenters. The lowest BCUT2D eigenvalue weighted by Crippen LogP contribution is -2.53. The third kappa shape index (κ3) is 4.49. The van der Waals surface area contributed by atoms with E-state index in [1.165, 1.54) is 7.11 Å². The lowest BCUT2D eigenvalue weighted by atomic mass is 9.78. The van der Waals surface area contributed by atoms with E-state index in [0.29, 0.717) is 54.6 Å². The van der Waals surface area contributed by atoms with Crippen molar-refractivity contribution in [3.63, 3.8) is 0 Å². The van der Waals surface area contributed by atoms with Crippen LogP contribution in [0.4, 0.5) is 5.82 Å².